The number of hydrazone groups is 1. The minimum absolute atomic E-state index is 0.00772. The number of nitrogens with one attached hydrogen (secondary N) is 2. The first-order valence-electron chi connectivity index (χ1n) is 8.99. The Morgan fingerprint density at radius 3 is 2.86 bits per heavy atom. The largest absolute Gasteiger partial charge is 0.482 e. The van der Waals surface area contributed by atoms with Crippen LogP contribution in [0.1, 0.15) is 30.5 Å². The summed E-state index contributed by atoms with van der Waals surface area (Å²) in [6.45, 7) is 7.40. The van der Waals surface area contributed by atoms with Crippen LogP contribution in [0.25, 0.3) is 0 Å². The highest BCUT2D eigenvalue weighted by atomic mass is 16.5. The average Bonchev–Trinajstić information content (AvgIpc) is 2.68. The second kappa shape index (κ2) is 8.12. The first kappa shape index (κ1) is 19.4. The van der Waals surface area contributed by atoms with Crippen LogP contribution >= 0.6 is 0 Å². The summed E-state index contributed by atoms with van der Waals surface area (Å²) in [5.41, 5.74) is 6.56. The molecule has 28 heavy (non-hydrogen) atoms. The maximum Gasteiger partial charge on any atom is 0.280 e. The zero-order chi connectivity index (χ0) is 20.3. The molecule has 0 aliphatic carbocycles. The van der Waals surface area contributed by atoms with Crippen molar-refractivity contribution < 1.29 is 19.1 Å². The van der Waals surface area contributed by atoms with Crippen LogP contribution in [0.15, 0.2) is 41.5 Å². The predicted octanol–water partition coefficient (Wildman–Crippen LogP) is 2.94. The van der Waals surface area contributed by atoms with Gasteiger partial charge in [-0.2, -0.15) is 5.10 Å². The summed E-state index contributed by atoms with van der Waals surface area (Å²) in [6.07, 6.45) is -0.701. The van der Waals surface area contributed by atoms with E-state index in [1.54, 1.807) is 26.0 Å². The normalized spacial score (nSPS) is 14.4. The van der Waals surface area contributed by atoms with Crippen molar-refractivity contribution in [1.29, 1.82) is 0 Å². The standard InChI is InChI=1S/C21H23N3O4/c1-12-6-5-7-18(13(12)2)28-15(4)21(26)24-23-14(3)16-8-9-19-17(10-16)22-20(25)11-27-19/h5-10,15H,11H2,1-4H3,(H,22,25)(H,24,26)/t15-/m0/s1. The Labute approximate surface area is 163 Å². The van der Waals surface area contributed by atoms with Gasteiger partial charge in [0, 0.05) is 0 Å². The highest BCUT2D eigenvalue weighted by Crippen LogP contribution is 2.28. The summed E-state index contributed by atoms with van der Waals surface area (Å²) in [4.78, 5) is 23.8. The zero-order valence-electron chi connectivity index (χ0n) is 16.3. The number of anilines is 1. The Morgan fingerprint density at radius 2 is 2.07 bits per heavy atom. The molecule has 2 amide bonds. The summed E-state index contributed by atoms with van der Waals surface area (Å²) >= 11 is 0. The van der Waals surface area contributed by atoms with Gasteiger partial charge in [-0.05, 0) is 68.7 Å². The van der Waals surface area contributed by atoms with E-state index < -0.39 is 6.10 Å². The first-order valence-corrected chi connectivity index (χ1v) is 8.99. The molecule has 3 rings (SSSR count). The lowest BCUT2D eigenvalue weighted by Gasteiger charge is -2.18. The molecule has 2 aromatic rings. The number of rotatable bonds is 5. The van der Waals surface area contributed by atoms with E-state index in [2.05, 4.69) is 15.8 Å². The third-order valence-electron chi connectivity index (χ3n) is 4.59. The van der Waals surface area contributed by atoms with Crippen molar-refractivity contribution in [3.05, 3.63) is 53.1 Å². The highest BCUT2D eigenvalue weighted by Gasteiger charge is 2.18. The van der Waals surface area contributed by atoms with Crippen LogP contribution in [-0.4, -0.2) is 30.2 Å². The fourth-order valence-corrected chi connectivity index (χ4v) is 2.70. The minimum atomic E-state index is -0.701. The molecule has 146 valence electrons. The molecule has 1 aliphatic rings. The van der Waals surface area contributed by atoms with Crippen molar-refractivity contribution in [2.75, 3.05) is 11.9 Å². The predicted molar refractivity (Wildman–Crippen MR) is 107 cm³/mol. The number of hydrogen-bond acceptors (Lipinski definition) is 5. The van der Waals surface area contributed by atoms with Crippen molar-refractivity contribution in [3.8, 4) is 11.5 Å². The van der Waals surface area contributed by atoms with Crippen LogP contribution in [0.2, 0.25) is 0 Å². The van der Waals surface area contributed by atoms with Crippen LogP contribution < -0.4 is 20.2 Å². The van der Waals surface area contributed by atoms with Gasteiger partial charge in [-0.25, -0.2) is 5.43 Å². The Balaban J connectivity index is 1.65. The molecule has 0 radical (unpaired) electrons. The molecule has 0 fully saturated rings. The maximum absolute atomic E-state index is 12.3. The molecule has 0 saturated carbocycles. The Kier molecular flexibility index (Phi) is 5.63. The van der Waals surface area contributed by atoms with Crippen LogP contribution in [0.5, 0.6) is 11.5 Å². The van der Waals surface area contributed by atoms with E-state index >= 15 is 0 Å². The van der Waals surface area contributed by atoms with Crippen molar-refractivity contribution in [1.82, 2.24) is 5.43 Å². The monoisotopic (exact) mass is 381 g/mol. The summed E-state index contributed by atoms with van der Waals surface area (Å²) < 4.78 is 11.1. The molecule has 7 nitrogen and oxygen atoms in total. The van der Waals surface area contributed by atoms with Gasteiger partial charge >= 0.3 is 0 Å². The molecule has 0 spiro atoms. The smallest absolute Gasteiger partial charge is 0.280 e. The van der Waals surface area contributed by atoms with E-state index in [0.717, 1.165) is 16.7 Å². The lowest BCUT2D eigenvalue weighted by molar-refractivity contribution is -0.127. The molecular formula is C21H23N3O4. The Hall–Kier alpha value is -3.35. The molecule has 1 heterocycles. The third-order valence-corrected chi connectivity index (χ3v) is 4.59. The van der Waals surface area contributed by atoms with Crippen LogP contribution in [0.4, 0.5) is 5.69 Å². The van der Waals surface area contributed by atoms with Crippen molar-refractivity contribution >= 4 is 23.2 Å². The topological polar surface area (TPSA) is 89.0 Å². The van der Waals surface area contributed by atoms with Gasteiger partial charge in [0.05, 0.1) is 11.4 Å². The number of carbonyl (C=O) groups is 2. The molecule has 0 unspecified atom stereocenters. The lowest BCUT2D eigenvalue weighted by Crippen LogP contribution is -2.34. The molecule has 2 N–H and O–H groups in total. The van der Waals surface area contributed by atoms with Gasteiger partial charge in [-0.3, -0.25) is 9.59 Å². The quantitative estimate of drug-likeness (QED) is 0.616. The number of hydrogen-bond donors (Lipinski definition) is 2. The number of nitrogens with zero attached hydrogens (tertiary/aromatic N) is 1. The van der Waals surface area contributed by atoms with E-state index in [1.165, 1.54) is 0 Å². The molecule has 7 heteroatoms. The second-order valence-electron chi connectivity index (χ2n) is 6.68. The maximum atomic E-state index is 12.3. The highest BCUT2D eigenvalue weighted by molar-refractivity contribution is 6.02. The van der Waals surface area contributed by atoms with E-state index in [1.807, 2.05) is 38.1 Å². The molecule has 0 bridgehead atoms. The lowest BCUT2D eigenvalue weighted by atomic mass is 10.1. The third kappa shape index (κ3) is 4.31. The van der Waals surface area contributed by atoms with E-state index in [4.69, 9.17) is 9.47 Å². The summed E-state index contributed by atoms with van der Waals surface area (Å²) in [6, 6.07) is 11.1. The van der Waals surface area contributed by atoms with Crippen LogP contribution in [0, 0.1) is 13.8 Å². The number of fused-ring (bicyclic) bond motifs is 1. The van der Waals surface area contributed by atoms with Gasteiger partial charge in [0.25, 0.3) is 11.8 Å². The summed E-state index contributed by atoms with van der Waals surface area (Å²) in [5, 5.41) is 6.90. The molecule has 0 saturated heterocycles. The van der Waals surface area contributed by atoms with Gasteiger partial charge in [0.1, 0.15) is 11.5 Å². The van der Waals surface area contributed by atoms with E-state index in [-0.39, 0.29) is 18.4 Å². The number of ether oxygens (including phenoxy) is 2. The van der Waals surface area contributed by atoms with Gasteiger partial charge < -0.3 is 14.8 Å². The second-order valence-corrected chi connectivity index (χ2v) is 6.68. The Morgan fingerprint density at radius 1 is 1.29 bits per heavy atom. The van der Waals surface area contributed by atoms with Gasteiger partial charge in [-0.15, -0.1) is 0 Å². The molecule has 2 aromatic carbocycles. The van der Waals surface area contributed by atoms with Crippen LogP contribution in [0.3, 0.4) is 0 Å². The molecule has 1 atom stereocenters. The van der Waals surface area contributed by atoms with Gasteiger partial charge in [0.2, 0.25) is 0 Å². The minimum Gasteiger partial charge on any atom is -0.482 e. The van der Waals surface area contributed by atoms with Crippen LogP contribution in [-0.2, 0) is 9.59 Å². The Bertz CT molecular complexity index is 953. The average molecular weight is 381 g/mol. The van der Waals surface area contributed by atoms with E-state index in [9.17, 15) is 9.59 Å². The zero-order valence-corrected chi connectivity index (χ0v) is 16.3. The fraction of sp³-hybridized carbons (Fsp3) is 0.286. The fourth-order valence-electron chi connectivity index (χ4n) is 2.70. The number of aryl methyl sites for hydroxylation is 1. The van der Waals surface area contributed by atoms with Gasteiger partial charge in [0.15, 0.2) is 12.7 Å². The molecular weight excluding hydrogens is 358 g/mol. The molecule has 1 aliphatic heterocycles. The van der Waals surface area contributed by atoms with E-state index in [0.29, 0.717) is 22.9 Å². The van der Waals surface area contributed by atoms with Crippen molar-refractivity contribution in [2.45, 2.75) is 33.8 Å². The van der Waals surface area contributed by atoms with Gasteiger partial charge in [-0.1, -0.05) is 12.1 Å². The number of carbonyl (C=O) groups excluding carboxylic acids is 2. The number of benzene rings is 2. The number of amides is 2. The first-order chi connectivity index (χ1) is 13.3. The van der Waals surface area contributed by atoms with Crippen molar-refractivity contribution in [3.63, 3.8) is 0 Å². The molecule has 0 aromatic heterocycles. The SMILES string of the molecule is CC(=NNC(=O)[C@H](C)Oc1cccc(C)c1C)c1ccc2c(c1)NC(=O)CO2. The van der Waals surface area contributed by atoms with Crippen molar-refractivity contribution in [2.24, 2.45) is 5.10 Å². The summed E-state index contributed by atoms with van der Waals surface area (Å²) in [5.74, 6) is 0.726. The summed E-state index contributed by atoms with van der Waals surface area (Å²) in [7, 11) is 0.